The maximum atomic E-state index is 10.9. The van der Waals surface area contributed by atoms with E-state index in [-0.39, 0.29) is 16.9 Å². The number of allylic oxidation sites excluding steroid dienone is 6. The molecule has 4 aliphatic carbocycles. The second kappa shape index (κ2) is 7.97. The van der Waals surface area contributed by atoms with Crippen LogP contribution in [0, 0.1) is 39.4 Å². The summed E-state index contributed by atoms with van der Waals surface area (Å²) in [5.74, 6) is 1.81. The van der Waals surface area contributed by atoms with Gasteiger partial charge in [-0.3, -0.25) is 4.79 Å². The largest absolute Gasteiger partial charge is 0.393 e. The number of carbonyl (C=O) groups excluding carboxylic acids is 1. The smallest absolute Gasteiger partial charge is 0.145 e. The standard InChI is InChI=1S/C30H46O2/c1-20(19-31)9-8-10-21(2)22-13-17-30(7)24-11-12-25-27(3,4)26(32)15-16-28(25,5)23(24)14-18-29(22,30)6/h8-10,19,21-22,25-26,32H,11-18H2,1-7H3/b10-8+,20-9+/t21-,22-,25+,26-,28-,29-,30+/m1/s1. The quantitative estimate of drug-likeness (QED) is 0.214. The summed E-state index contributed by atoms with van der Waals surface area (Å²) in [7, 11) is 0. The second-order valence-electron chi connectivity index (χ2n) is 13.0. The Bertz CT molecular complexity index is 860. The Morgan fingerprint density at radius 1 is 1.00 bits per heavy atom. The Balaban J connectivity index is 1.67. The number of aliphatic hydroxyl groups excluding tert-OH is 1. The third-order valence-corrected chi connectivity index (χ3v) is 11.4. The van der Waals surface area contributed by atoms with Crippen LogP contribution in [0.2, 0.25) is 0 Å². The summed E-state index contributed by atoms with van der Waals surface area (Å²) >= 11 is 0. The van der Waals surface area contributed by atoms with Crippen molar-refractivity contribution in [3.8, 4) is 0 Å². The Labute approximate surface area is 196 Å². The first-order chi connectivity index (χ1) is 14.9. The van der Waals surface area contributed by atoms with Gasteiger partial charge in [0, 0.05) is 0 Å². The second-order valence-corrected chi connectivity index (χ2v) is 13.0. The average molecular weight is 439 g/mol. The van der Waals surface area contributed by atoms with E-state index < -0.39 is 0 Å². The first-order valence-electron chi connectivity index (χ1n) is 13.1. The third-order valence-electron chi connectivity index (χ3n) is 11.4. The maximum absolute atomic E-state index is 10.9. The molecule has 7 atom stereocenters. The number of rotatable bonds is 4. The van der Waals surface area contributed by atoms with Crippen LogP contribution < -0.4 is 0 Å². The highest BCUT2D eigenvalue weighted by atomic mass is 16.3. The molecule has 0 aromatic rings. The molecule has 2 nitrogen and oxygen atoms in total. The number of aliphatic hydroxyl groups is 1. The molecule has 0 aliphatic heterocycles. The number of hydrogen-bond acceptors (Lipinski definition) is 2. The summed E-state index contributed by atoms with van der Waals surface area (Å²) in [5.41, 5.74) is 5.31. The zero-order chi connectivity index (χ0) is 23.5. The fourth-order valence-electron chi connectivity index (χ4n) is 9.12. The lowest BCUT2D eigenvalue weighted by atomic mass is 9.43. The van der Waals surface area contributed by atoms with E-state index in [1.54, 1.807) is 5.57 Å². The normalized spacial score (nSPS) is 44.8. The zero-order valence-electron chi connectivity index (χ0n) is 21.6. The summed E-state index contributed by atoms with van der Waals surface area (Å²) in [5, 5.41) is 10.8. The zero-order valence-corrected chi connectivity index (χ0v) is 21.6. The Kier molecular flexibility index (Phi) is 5.97. The molecular formula is C30H46O2. The van der Waals surface area contributed by atoms with Crippen LogP contribution in [0.4, 0.5) is 0 Å². The van der Waals surface area contributed by atoms with Crippen molar-refractivity contribution in [2.24, 2.45) is 39.4 Å². The third kappa shape index (κ3) is 3.26. The molecule has 2 heteroatoms. The van der Waals surface area contributed by atoms with Gasteiger partial charge in [0.2, 0.25) is 0 Å². The van der Waals surface area contributed by atoms with Gasteiger partial charge in [-0.2, -0.15) is 0 Å². The van der Waals surface area contributed by atoms with Gasteiger partial charge in [0.15, 0.2) is 0 Å². The summed E-state index contributed by atoms with van der Waals surface area (Å²) < 4.78 is 0. The molecule has 0 bridgehead atoms. The van der Waals surface area contributed by atoms with Crippen LogP contribution in [0.1, 0.15) is 99.8 Å². The van der Waals surface area contributed by atoms with Crippen molar-refractivity contribution in [1.82, 2.24) is 0 Å². The minimum Gasteiger partial charge on any atom is -0.393 e. The van der Waals surface area contributed by atoms with E-state index in [1.165, 1.54) is 38.5 Å². The van der Waals surface area contributed by atoms with Gasteiger partial charge in [0.1, 0.15) is 6.29 Å². The minimum absolute atomic E-state index is 0.0118. The molecule has 4 aliphatic rings. The SMILES string of the molecule is C/C(C=O)=C\C=C\[C@@H](C)[C@H]1CC[C@@]2(C)C3=C(CC[C@]12C)[C@@]1(C)CC[C@@H](O)C(C)(C)[C@@H]1CC3. The highest BCUT2D eigenvalue weighted by Gasteiger charge is 2.63. The lowest BCUT2D eigenvalue weighted by molar-refractivity contribution is -0.104. The molecule has 0 aromatic heterocycles. The lowest BCUT2D eigenvalue weighted by Gasteiger charge is -2.62. The number of hydrogen-bond donors (Lipinski definition) is 1. The van der Waals surface area contributed by atoms with Crippen LogP contribution >= 0.6 is 0 Å². The predicted octanol–water partition coefficient (Wildman–Crippen LogP) is 7.43. The first kappa shape index (κ1) is 24.0. The summed E-state index contributed by atoms with van der Waals surface area (Å²) in [6.07, 6.45) is 16.9. The molecule has 0 spiro atoms. The molecule has 32 heavy (non-hydrogen) atoms. The van der Waals surface area contributed by atoms with Gasteiger partial charge >= 0.3 is 0 Å². The minimum atomic E-state index is -0.160. The lowest BCUT2D eigenvalue weighted by Crippen LogP contribution is -2.55. The van der Waals surface area contributed by atoms with Crippen LogP contribution in [0.25, 0.3) is 0 Å². The number of fused-ring (bicyclic) bond motifs is 4. The van der Waals surface area contributed by atoms with Crippen molar-refractivity contribution in [3.05, 3.63) is 34.9 Å². The van der Waals surface area contributed by atoms with Crippen LogP contribution in [0.15, 0.2) is 34.9 Å². The van der Waals surface area contributed by atoms with Crippen LogP contribution in [-0.2, 0) is 4.79 Å². The Morgan fingerprint density at radius 2 is 1.72 bits per heavy atom. The van der Waals surface area contributed by atoms with Gasteiger partial charge in [-0.1, -0.05) is 70.9 Å². The van der Waals surface area contributed by atoms with Gasteiger partial charge < -0.3 is 5.11 Å². The monoisotopic (exact) mass is 438 g/mol. The fourth-order valence-corrected chi connectivity index (χ4v) is 9.12. The van der Waals surface area contributed by atoms with E-state index >= 15 is 0 Å². The van der Waals surface area contributed by atoms with Crippen molar-refractivity contribution in [2.75, 3.05) is 0 Å². The van der Waals surface area contributed by atoms with E-state index in [0.29, 0.717) is 28.6 Å². The van der Waals surface area contributed by atoms with Crippen molar-refractivity contribution in [2.45, 2.75) is 106 Å². The van der Waals surface area contributed by atoms with Gasteiger partial charge in [-0.05, 0) is 103 Å². The van der Waals surface area contributed by atoms with Crippen molar-refractivity contribution < 1.29 is 9.90 Å². The van der Waals surface area contributed by atoms with E-state index in [1.807, 2.05) is 18.6 Å². The summed E-state index contributed by atoms with van der Waals surface area (Å²) in [6.45, 7) is 16.6. The topological polar surface area (TPSA) is 37.3 Å². The molecule has 0 amide bonds. The Hall–Kier alpha value is -1.15. The molecule has 0 radical (unpaired) electrons. The molecule has 2 saturated carbocycles. The van der Waals surface area contributed by atoms with Crippen LogP contribution in [0.3, 0.4) is 0 Å². The number of carbonyl (C=O) groups is 1. The van der Waals surface area contributed by atoms with Crippen LogP contribution in [-0.4, -0.2) is 17.5 Å². The van der Waals surface area contributed by atoms with Crippen molar-refractivity contribution in [3.63, 3.8) is 0 Å². The fraction of sp³-hybridized carbons (Fsp3) is 0.767. The van der Waals surface area contributed by atoms with E-state index in [0.717, 1.165) is 24.7 Å². The average Bonchev–Trinajstić information content (AvgIpc) is 3.02. The van der Waals surface area contributed by atoms with Crippen LogP contribution in [0.5, 0.6) is 0 Å². The summed E-state index contributed by atoms with van der Waals surface area (Å²) in [4.78, 5) is 10.9. The molecule has 0 heterocycles. The first-order valence-corrected chi connectivity index (χ1v) is 13.1. The van der Waals surface area contributed by atoms with Gasteiger partial charge in [0.05, 0.1) is 6.10 Å². The van der Waals surface area contributed by atoms with Crippen molar-refractivity contribution >= 4 is 6.29 Å². The maximum Gasteiger partial charge on any atom is 0.145 e. The number of aldehydes is 1. The molecule has 1 N–H and O–H groups in total. The Morgan fingerprint density at radius 3 is 2.41 bits per heavy atom. The van der Waals surface area contributed by atoms with Gasteiger partial charge in [-0.15, -0.1) is 0 Å². The molecule has 4 rings (SSSR count). The van der Waals surface area contributed by atoms with E-state index in [4.69, 9.17) is 0 Å². The summed E-state index contributed by atoms with van der Waals surface area (Å²) in [6, 6.07) is 0. The molecule has 2 fully saturated rings. The molecule has 0 aromatic carbocycles. The molecule has 0 saturated heterocycles. The molecular weight excluding hydrogens is 392 g/mol. The highest BCUT2D eigenvalue weighted by Crippen LogP contribution is 2.72. The van der Waals surface area contributed by atoms with E-state index in [9.17, 15) is 9.90 Å². The van der Waals surface area contributed by atoms with Crippen molar-refractivity contribution in [1.29, 1.82) is 0 Å². The van der Waals surface area contributed by atoms with Gasteiger partial charge in [0.25, 0.3) is 0 Å². The van der Waals surface area contributed by atoms with Gasteiger partial charge in [-0.25, -0.2) is 0 Å². The van der Waals surface area contributed by atoms with E-state index in [2.05, 4.69) is 53.7 Å². The molecule has 0 unspecified atom stereocenters. The predicted molar refractivity (Wildman–Crippen MR) is 133 cm³/mol. The molecule has 178 valence electrons. The highest BCUT2D eigenvalue weighted by molar-refractivity contribution is 5.72.